The minimum absolute atomic E-state index is 0.212. The summed E-state index contributed by atoms with van der Waals surface area (Å²) in [5.41, 5.74) is 2.25. The second-order valence-electron chi connectivity index (χ2n) is 8.65. The molecule has 0 aliphatic carbocycles. The molecule has 196 valence electrons. The number of amides is 4. The van der Waals surface area contributed by atoms with Gasteiger partial charge in [0.2, 0.25) is 5.91 Å². The van der Waals surface area contributed by atoms with Crippen molar-refractivity contribution in [1.82, 2.24) is 4.90 Å². The number of methoxy groups -OCH3 is 1. The molecule has 0 aromatic heterocycles. The second-order valence-corrected chi connectivity index (χ2v) is 8.65. The Morgan fingerprint density at radius 1 is 0.921 bits per heavy atom. The van der Waals surface area contributed by atoms with Crippen LogP contribution in [0.25, 0.3) is 0 Å². The molecule has 9 heteroatoms. The molecule has 1 fully saturated rings. The Labute approximate surface area is 220 Å². The normalized spacial score (nSPS) is 14.9. The summed E-state index contributed by atoms with van der Waals surface area (Å²) in [5, 5.41) is 2.75. The van der Waals surface area contributed by atoms with E-state index in [-0.39, 0.29) is 19.6 Å². The van der Waals surface area contributed by atoms with Gasteiger partial charge in [0.05, 0.1) is 31.4 Å². The summed E-state index contributed by atoms with van der Waals surface area (Å²) in [5.74, 6) is -0.608. The van der Waals surface area contributed by atoms with Crippen LogP contribution < -0.4 is 15.0 Å². The number of nitrogens with one attached hydrogen (secondary N) is 1. The summed E-state index contributed by atoms with van der Waals surface area (Å²) in [4.78, 5) is 54.2. The van der Waals surface area contributed by atoms with Gasteiger partial charge in [-0.15, -0.1) is 0 Å². The average molecular weight is 516 g/mol. The molecular formula is C29H29N3O6. The number of anilines is 2. The van der Waals surface area contributed by atoms with Gasteiger partial charge in [-0.25, -0.2) is 14.5 Å². The number of esters is 1. The number of carbonyl (C=O) groups is 4. The number of hydrogen-bond donors (Lipinski definition) is 1. The van der Waals surface area contributed by atoms with Crippen molar-refractivity contribution in [2.45, 2.75) is 25.8 Å². The van der Waals surface area contributed by atoms with Crippen LogP contribution in [0.3, 0.4) is 0 Å². The van der Waals surface area contributed by atoms with Gasteiger partial charge < -0.3 is 19.7 Å². The van der Waals surface area contributed by atoms with Crippen molar-refractivity contribution in [3.63, 3.8) is 0 Å². The molecule has 4 rings (SSSR count). The largest absolute Gasteiger partial charge is 0.497 e. The smallest absolute Gasteiger partial charge is 0.338 e. The number of rotatable bonds is 10. The number of urea groups is 1. The first-order valence-electron chi connectivity index (χ1n) is 12.3. The predicted molar refractivity (Wildman–Crippen MR) is 142 cm³/mol. The molecule has 1 heterocycles. The van der Waals surface area contributed by atoms with E-state index in [4.69, 9.17) is 9.47 Å². The lowest BCUT2D eigenvalue weighted by Gasteiger charge is -2.21. The maximum atomic E-state index is 13.4. The van der Waals surface area contributed by atoms with Gasteiger partial charge in [-0.2, -0.15) is 0 Å². The molecule has 0 saturated carbocycles. The third-order valence-corrected chi connectivity index (χ3v) is 6.19. The van der Waals surface area contributed by atoms with E-state index in [2.05, 4.69) is 5.32 Å². The fourth-order valence-electron chi connectivity index (χ4n) is 4.24. The zero-order valence-corrected chi connectivity index (χ0v) is 21.3. The lowest BCUT2D eigenvalue weighted by atomic mass is 10.1. The molecule has 1 unspecified atom stereocenters. The van der Waals surface area contributed by atoms with E-state index in [1.807, 2.05) is 24.3 Å². The predicted octanol–water partition coefficient (Wildman–Crippen LogP) is 4.28. The number of nitrogens with zero attached hydrogens (tertiary/aromatic N) is 2. The minimum Gasteiger partial charge on any atom is -0.497 e. The standard InChI is InChI=1S/C29H29N3O6/c1-3-38-28(35)21-11-13-22(14-12-21)30-26(33)19-25-27(34)32(23-7-5-4-6-8-23)29(36)31(25)18-17-20-9-15-24(37-2)16-10-20/h4-16,25H,3,17-19H2,1-2H3,(H,30,33). The van der Waals surface area contributed by atoms with E-state index >= 15 is 0 Å². The fraction of sp³-hybridized carbons (Fsp3) is 0.241. The van der Waals surface area contributed by atoms with E-state index in [0.717, 1.165) is 16.2 Å². The fourth-order valence-corrected chi connectivity index (χ4v) is 4.24. The highest BCUT2D eigenvalue weighted by molar-refractivity contribution is 6.22. The van der Waals surface area contributed by atoms with E-state index in [0.29, 0.717) is 23.4 Å². The first-order valence-corrected chi connectivity index (χ1v) is 12.3. The van der Waals surface area contributed by atoms with Crippen LogP contribution in [-0.2, 0) is 20.7 Å². The molecule has 1 aliphatic heterocycles. The highest BCUT2D eigenvalue weighted by Crippen LogP contribution is 2.27. The van der Waals surface area contributed by atoms with Crippen molar-refractivity contribution in [3.8, 4) is 5.75 Å². The van der Waals surface area contributed by atoms with Gasteiger partial charge in [-0.3, -0.25) is 9.59 Å². The van der Waals surface area contributed by atoms with Crippen molar-refractivity contribution < 1.29 is 28.7 Å². The molecule has 38 heavy (non-hydrogen) atoms. The third kappa shape index (κ3) is 6.00. The van der Waals surface area contributed by atoms with Gasteiger partial charge >= 0.3 is 12.0 Å². The molecule has 1 atom stereocenters. The van der Waals surface area contributed by atoms with Crippen molar-refractivity contribution in [2.75, 3.05) is 30.5 Å². The average Bonchev–Trinajstić information content (AvgIpc) is 3.16. The van der Waals surface area contributed by atoms with E-state index < -0.39 is 29.9 Å². The first kappa shape index (κ1) is 26.4. The third-order valence-electron chi connectivity index (χ3n) is 6.19. The van der Waals surface area contributed by atoms with Crippen LogP contribution in [0, 0.1) is 0 Å². The van der Waals surface area contributed by atoms with Crippen LogP contribution >= 0.6 is 0 Å². The van der Waals surface area contributed by atoms with Crippen LogP contribution in [0.2, 0.25) is 0 Å². The minimum atomic E-state index is -0.959. The van der Waals surface area contributed by atoms with Crippen molar-refractivity contribution >= 4 is 35.2 Å². The van der Waals surface area contributed by atoms with Gasteiger partial charge in [0.25, 0.3) is 5.91 Å². The maximum Gasteiger partial charge on any atom is 0.338 e. The molecule has 0 radical (unpaired) electrons. The highest BCUT2D eigenvalue weighted by Gasteiger charge is 2.46. The van der Waals surface area contributed by atoms with Gasteiger partial charge in [0.1, 0.15) is 11.8 Å². The van der Waals surface area contributed by atoms with Crippen molar-refractivity contribution in [2.24, 2.45) is 0 Å². The van der Waals surface area contributed by atoms with Crippen molar-refractivity contribution in [3.05, 3.63) is 90.0 Å². The van der Waals surface area contributed by atoms with Crippen LogP contribution in [0.15, 0.2) is 78.9 Å². The maximum absolute atomic E-state index is 13.4. The molecule has 9 nitrogen and oxygen atoms in total. The Balaban J connectivity index is 1.49. The number of hydrogen-bond acceptors (Lipinski definition) is 6. The molecular weight excluding hydrogens is 486 g/mol. The Kier molecular flexibility index (Phi) is 8.37. The summed E-state index contributed by atoms with van der Waals surface area (Å²) in [6, 6.07) is 21.0. The van der Waals surface area contributed by atoms with E-state index in [1.165, 1.54) is 4.90 Å². The number of benzene rings is 3. The van der Waals surface area contributed by atoms with Gasteiger partial charge in [0, 0.05) is 12.2 Å². The van der Waals surface area contributed by atoms with Crippen LogP contribution in [0.5, 0.6) is 5.75 Å². The molecule has 4 amide bonds. The quantitative estimate of drug-likeness (QED) is 0.319. The van der Waals surface area contributed by atoms with Gasteiger partial charge in [0.15, 0.2) is 0 Å². The molecule has 1 saturated heterocycles. The second kappa shape index (κ2) is 12.1. The van der Waals surface area contributed by atoms with Crippen LogP contribution in [0.4, 0.5) is 16.2 Å². The Morgan fingerprint density at radius 3 is 2.24 bits per heavy atom. The number of ether oxygens (including phenoxy) is 2. The zero-order valence-electron chi connectivity index (χ0n) is 21.3. The van der Waals surface area contributed by atoms with Crippen molar-refractivity contribution in [1.29, 1.82) is 0 Å². The van der Waals surface area contributed by atoms with Gasteiger partial charge in [-0.05, 0) is 67.4 Å². The molecule has 0 spiro atoms. The molecule has 3 aromatic rings. The summed E-state index contributed by atoms with van der Waals surface area (Å²) in [6.45, 7) is 2.24. The number of imide groups is 1. The zero-order chi connectivity index (χ0) is 27.1. The summed E-state index contributed by atoms with van der Waals surface area (Å²) >= 11 is 0. The van der Waals surface area contributed by atoms with Crippen LogP contribution in [0.1, 0.15) is 29.3 Å². The van der Waals surface area contributed by atoms with E-state index in [9.17, 15) is 19.2 Å². The Morgan fingerprint density at radius 2 is 1.61 bits per heavy atom. The first-order chi connectivity index (χ1) is 18.4. The molecule has 1 N–H and O–H groups in total. The molecule has 3 aromatic carbocycles. The SMILES string of the molecule is CCOC(=O)c1ccc(NC(=O)CC2C(=O)N(c3ccccc3)C(=O)N2CCc2ccc(OC)cc2)cc1. The Bertz CT molecular complexity index is 1290. The summed E-state index contributed by atoms with van der Waals surface area (Å²) in [7, 11) is 1.59. The molecule has 1 aliphatic rings. The number of para-hydroxylation sites is 1. The van der Waals surface area contributed by atoms with E-state index in [1.54, 1.807) is 68.6 Å². The van der Waals surface area contributed by atoms with Crippen LogP contribution in [-0.4, -0.2) is 55.0 Å². The lowest BCUT2D eigenvalue weighted by molar-refractivity contribution is -0.124. The number of carbonyl (C=O) groups excluding carboxylic acids is 4. The lowest BCUT2D eigenvalue weighted by Crippen LogP contribution is -2.39. The highest BCUT2D eigenvalue weighted by atomic mass is 16.5. The monoisotopic (exact) mass is 515 g/mol. The Hall–Kier alpha value is -4.66. The topological polar surface area (TPSA) is 105 Å². The molecule has 0 bridgehead atoms. The van der Waals surface area contributed by atoms with Gasteiger partial charge in [-0.1, -0.05) is 30.3 Å². The summed E-state index contributed by atoms with van der Waals surface area (Å²) in [6.07, 6.45) is 0.287. The summed E-state index contributed by atoms with van der Waals surface area (Å²) < 4.78 is 10.2.